The second kappa shape index (κ2) is 6.88. The molecule has 0 bridgehead atoms. The number of hydrogen-bond donors (Lipinski definition) is 1. The third kappa shape index (κ3) is 4.04. The summed E-state index contributed by atoms with van der Waals surface area (Å²) in [6.45, 7) is 0. The van der Waals surface area contributed by atoms with Crippen LogP contribution in [0.4, 0.5) is 5.69 Å². The molecule has 23 heavy (non-hydrogen) atoms. The normalized spacial score (nSPS) is 11.3. The van der Waals surface area contributed by atoms with Crippen molar-refractivity contribution in [3.63, 3.8) is 0 Å². The van der Waals surface area contributed by atoms with Gasteiger partial charge in [0.15, 0.2) is 0 Å². The Labute approximate surface area is 132 Å². The van der Waals surface area contributed by atoms with Gasteiger partial charge in [0.1, 0.15) is 5.75 Å². The Morgan fingerprint density at radius 2 is 1.83 bits per heavy atom. The van der Waals surface area contributed by atoms with Crippen molar-refractivity contribution in [3.05, 3.63) is 64.2 Å². The van der Waals surface area contributed by atoms with E-state index in [1.807, 2.05) is 4.83 Å². The minimum absolute atomic E-state index is 0.125. The van der Waals surface area contributed by atoms with Crippen molar-refractivity contribution in [2.75, 3.05) is 7.11 Å². The highest BCUT2D eigenvalue weighted by Crippen LogP contribution is 2.16. The number of rotatable bonds is 6. The summed E-state index contributed by atoms with van der Waals surface area (Å²) in [5, 5.41) is 14.2. The van der Waals surface area contributed by atoms with E-state index < -0.39 is 14.9 Å². The fourth-order valence-electron chi connectivity index (χ4n) is 1.74. The number of nitrogens with one attached hydrogen (secondary N) is 1. The highest BCUT2D eigenvalue weighted by atomic mass is 32.2. The first-order valence-corrected chi connectivity index (χ1v) is 7.85. The second-order valence-electron chi connectivity index (χ2n) is 4.35. The third-order valence-corrected chi connectivity index (χ3v) is 4.11. The Kier molecular flexibility index (Phi) is 4.91. The molecule has 0 aliphatic heterocycles. The number of nitro groups is 1. The van der Waals surface area contributed by atoms with Crippen molar-refractivity contribution in [1.29, 1.82) is 0 Å². The molecule has 2 aromatic carbocycles. The molecule has 0 atom stereocenters. The van der Waals surface area contributed by atoms with Gasteiger partial charge >= 0.3 is 0 Å². The Bertz CT molecular complexity index is 832. The smallest absolute Gasteiger partial charge is 0.276 e. The van der Waals surface area contributed by atoms with Crippen LogP contribution in [0, 0.1) is 10.1 Å². The summed E-state index contributed by atoms with van der Waals surface area (Å²) in [5.74, 6) is 0.547. The molecule has 1 N–H and O–H groups in total. The summed E-state index contributed by atoms with van der Waals surface area (Å²) < 4.78 is 29.2. The maximum Gasteiger partial charge on any atom is 0.276 e. The maximum atomic E-state index is 12.0. The molecule has 0 amide bonds. The molecule has 0 saturated carbocycles. The van der Waals surface area contributed by atoms with Gasteiger partial charge in [-0.3, -0.25) is 10.1 Å². The van der Waals surface area contributed by atoms with Crippen molar-refractivity contribution in [1.82, 2.24) is 4.83 Å². The van der Waals surface area contributed by atoms with Gasteiger partial charge in [-0.2, -0.15) is 13.5 Å². The van der Waals surface area contributed by atoms with Crippen molar-refractivity contribution >= 4 is 21.9 Å². The van der Waals surface area contributed by atoms with Gasteiger partial charge in [0, 0.05) is 17.7 Å². The van der Waals surface area contributed by atoms with E-state index in [-0.39, 0.29) is 10.6 Å². The van der Waals surface area contributed by atoms with Crippen molar-refractivity contribution < 1.29 is 18.1 Å². The predicted molar refractivity (Wildman–Crippen MR) is 84.0 cm³/mol. The van der Waals surface area contributed by atoms with Gasteiger partial charge in [-0.25, -0.2) is 4.83 Å². The van der Waals surface area contributed by atoms with Crippen molar-refractivity contribution in [2.45, 2.75) is 4.90 Å². The predicted octanol–water partition coefficient (Wildman–Crippen LogP) is 1.92. The average molecular weight is 335 g/mol. The lowest BCUT2D eigenvalue weighted by Crippen LogP contribution is -2.18. The molecule has 0 spiro atoms. The van der Waals surface area contributed by atoms with Crippen LogP contribution >= 0.6 is 0 Å². The van der Waals surface area contributed by atoms with Crippen molar-refractivity contribution in [2.24, 2.45) is 5.10 Å². The number of hydrogen-bond acceptors (Lipinski definition) is 6. The van der Waals surface area contributed by atoms with Crippen LogP contribution in [-0.2, 0) is 10.0 Å². The van der Waals surface area contributed by atoms with E-state index in [0.717, 1.165) is 24.3 Å². The lowest BCUT2D eigenvalue weighted by molar-refractivity contribution is -0.384. The van der Waals surface area contributed by atoms with Gasteiger partial charge < -0.3 is 4.74 Å². The van der Waals surface area contributed by atoms with Crippen LogP contribution in [0.5, 0.6) is 5.75 Å². The number of non-ortho nitro benzene ring substituents is 1. The first kappa shape index (κ1) is 16.4. The summed E-state index contributed by atoms with van der Waals surface area (Å²) >= 11 is 0. The van der Waals surface area contributed by atoms with Gasteiger partial charge in [-0.05, 0) is 24.3 Å². The van der Waals surface area contributed by atoms with Crippen molar-refractivity contribution in [3.8, 4) is 5.75 Å². The number of nitrogens with zero attached hydrogens (tertiary/aromatic N) is 2. The highest BCUT2D eigenvalue weighted by molar-refractivity contribution is 7.89. The van der Waals surface area contributed by atoms with Crippen LogP contribution in [-0.4, -0.2) is 26.7 Å². The lowest BCUT2D eigenvalue weighted by atomic mass is 10.2. The molecule has 2 aromatic rings. The van der Waals surface area contributed by atoms with Gasteiger partial charge in [-0.15, -0.1) is 0 Å². The van der Waals surface area contributed by atoms with Crippen LogP contribution in [0.25, 0.3) is 0 Å². The van der Waals surface area contributed by atoms with Crippen LogP contribution in [0.1, 0.15) is 5.56 Å². The number of sulfonamides is 1. The molecule has 0 heterocycles. The summed E-state index contributed by atoms with van der Waals surface area (Å²) in [4.78, 5) is 11.9. The minimum atomic E-state index is -3.90. The van der Waals surface area contributed by atoms with E-state index in [2.05, 4.69) is 5.10 Å². The standard InChI is InChI=1S/C14H13N3O5S/c1-22-14-5-3-2-4-11(14)10-15-16-23(20,21)13-8-6-12(7-9-13)17(18)19/h2-10,16H,1H3/b15-10-. The number of hydrazone groups is 1. The fourth-order valence-corrected chi connectivity index (χ4v) is 2.53. The first-order valence-electron chi connectivity index (χ1n) is 6.36. The number of nitro benzene ring substituents is 1. The molecular formula is C14H13N3O5S. The Morgan fingerprint density at radius 1 is 1.17 bits per heavy atom. The fraction of sp³-hybridized carbons (Fsp3) is 0.0714. The maximum absolute atomic E-state index is 12.0. The van der Waals surface area contributed by atoms with Crippen LogP contribution in [0.3, 0.4) is 0 Å². The summed E-state index contributed by atoms with van der Waals surface area (Å²) in [6.07, 6.45) is 1.31. The molecule has 0 radical (unpaired) electrons. The molecule has 0 aliphatic carbocycles. The Hall–Kier alpha value is -2.94. The lowest BCUT2D eigenvalue weighted by Gasteiger charge is -2.04. The first-order chi connectivity index (χ1) is 10.9. The van der Waals surface area contributed by atoms with E-state index in [1.54, 1.807) is 24.3 Å². The van der Waals surface area contributed by atoms with Gasteiger partial charge in [0.2, 0.25) is 0 Å². The molecule has 8 nitrogen and oxygen atoms in total. The third-order valence-electron chi connectivity index (χ3n) is 2.87. The molecular weight excluding hydrogens is 322 g/mol. The van der Waals surface area contributed by atoms with Gasteiger partial charge in [0.25, 0.3) is 15.7 Å². The number of benzene rings is 2. The Balaban J connectivity index is 2.15. The zero-order valence-corrected chi connectivity index (χ0v) is 12.9. The molecule has 0 fully saturated rings. The quantitative estimate of drug-likeness (QED) is 0.492. The van der Waals surface area contributed by atoms with E-state index in [1.165, 1.54) is 13.3 Å². The number of ether oxygens (including phenoxy) is 1. The minimum Gasteiger partial charge on any atom is -0.496 e. The second-order valence-corrected chi connectivity index (χ2v) is 6.01. The van der Waals surface area contributed by atoms with Gasteiger partial charge in [0.05, 0.1) is 23.1 Å². The van der Waals surface area contributed by atoms with E-state index in [0.29, 0.717) is 11.3 Å². The Morgan fingerprint density at radius 3 is 2.43 bits per heavy atom. The molecule has 0 saturated heterocycles. The molecule has 0 unspecified atom stereocenters. The summed E-state index contributed by atoms with van der Waals surface area (Å²) in [6, 6.07) is 11.5. The largest absolute Gasteiger partial charge is 0.496 e. The summed E-state index contributed by atoms with van der Waals surface area (Å²) in [7, 11) is -2.41. The number of para-hydroxylation sites is 1. The van der Waals surface area contributed by atoms with Crippen LogP contribution in [0.15, 0.2) is 58.5 Å². The monoisotopic (exact) mass is 335 g/mol. The van der Waals surface area contributed by atoms with Gasteiger partial charge in [-0.1, -0.05) is 12.1 Å². The van der Waals surface area contributed by atoms with E-state index in [4.69, 9.17) is 4.74 Å². The number of methoxy groups -OCH3 is 1. The zero-order chi connectivity index (χ0) is 16.9. The topological polar surface area (TPSA) is 111 Å². The van der Waals surface area contributed by atoms with E-state index in [9.17, 15) is 18.5 Å². The average Bonchev–Trinajstić information content (AvgIpc) is 2.55. The molecule has 120 valence electrons. The highest BCUT2D eigenvalue weighted by Gasteiger charge is 2.14. The van der Waals surface area contributed by atoms with Crippen LogP contribution < -0.4 is 9.57 Å². The molecule has 2 rings (SSSR count). The molecule has 9 heteroatoms. The molecule has 0 aliphatic rings. The summed E-state index contributed by atoms with van der Waals surface area (Å²) in [5.41, 5.74) is 0.405. The zero-order valence-electron chi connectivity index (χ0n) is 12.0. The SMILES string of the molecule is COc1ccccc1/C=N\NS(=O)(=O)c1ccc([N+](=O)[O-])cc1. The van der Waals surface area contributed by atoms with E-state index >= 15 is 0 Å². The molecule has 0 aromatic heterocycles. The van der Waals surface area contributed by atoms with Crippen LogP contribution in [0.2, 0.25) is 0 Å².